The molecule has 0 aromatic carbocycles. The number of Topliss-reactive ketones (excluding diaryl/α,β-unsaturated/α-hetero) is 12. The number of ketones is 12. The van der Waals surface area contributed by atoms with E-state index in [1.807, 2.05) is 0 Å². The SMILES string of the molecule is CC(=O)CCC(CCC(C)=O)(CCC(C)=O)NC(=O)C12CC3(C(=O)NC(CCC(C)=O)(CCC(C)=O)CCC(C)=O)CC(C(=O)NC(CCC(C)=O)(CCC(C)=O)CCC(C)=O)(C1)CC(C(=O)NC(CCC(C)=O)(CCC(C)=O)CCC(C)=O)(C2)C3. The average Bonchev–Trinajstić information content (AvgIpc) is 3.39. The molecule has 0 radical (unpaired) electrons. The van der Waals surface area contributed by atoms with Crippen molar-refractivity contribution in [1.29, 1.82) is 0 Å². The Morgan fingerprint density at radius 2 is 0.302 bits per heavy atom. The number of nitrogens with one attached hydrogen (secondary N) is 4. The van der Waals surface area contributed by atoms with Crippen molar-refractivity contribution in [1.82, 2.24) is 21.3 Å². The Morgan fingerprint density at radius 1 is 0.209 bits per heavy atom. The highest BCUT2D eigenvalue weighted by Gasteiger charge is 2.76. The van der Waals surface area contributed by atoms with Crippen LogP contribution in [0.15, 0.2) is 0 Å². The zero-order chi connectivity index (χ0) is 65.3. The van der Waals surface area contributed by atoms with Gasteiger partial charge in [-0.05, 0) is 199 Å². The Hall–Kier alpha value is -6.08. The molecular weight excluding hydrogens is 1100 g/mol. The van der Waals surface area contributed by atoms with Gasteiger partial charge in [-0.2, -0.15) is 0 Å². The summed E-state index contributed by atoms with van der Waals surface area (Å²) in [6.45, 7) is 16.4. The molecular formula is C66H100N4O16. The zero-order valence-electron chi connectivity index (χ0n) is 53.7. The van der Waals surface area contributed by atoms with E-state index in [-0.39, 0.29) is 262 Å². The average molecular weight is 1210 g/mol. The summed E-state index contributed by atoms with van der Waals surface area (Å²) in [6, 6.07) is 0. The Morgan fingerprint density at radius 3 is 0.384 bits per heavy atom. The number of hydrogen-bond donors (Lipinski definition) is 4. The van der Waals surface area contributed by atoms with Crippen LogP contribution in [0.25, 0.3) is 0 Å². The fourth-order valence-corrected chi connectivity index (χ4v) is 14.3. The summed E-state index contributed by atoms with van der Waals surface area (Å²) < 4.78 is 0. The molecule has 4 aliphatic rings. The standard InChI is InChI=1S/C66H100N4O16/c1-43(71)13-25-63(26-14-44(2)72,27-15-45(3)73)67-55(83)59-37-60(56(84)68-64(28-16-46(4)74,29-17-47(5)75)30-18-48(6)76)40-61(38-59,57(85)69-65(31-19-49(7)77,32-20-50(8)78)33-21-51(9)79)42-62(39-59,41-60)58(86)70-66(34-22-52(10)80,35-23-53(11)81)36-24-54(12)82/h13-42H2,1-12H3,(H,67,83)(H,68,84)(H,69,85)(H,70,86). The molecule has 0 aromatic heterocycles. The predicted molar refractivity (Wildman–Crippen MR) is 320 cm³/mol. The maximum atomic E-state index is 16.5. The molecule has 4 saturated carbocycles. The fourth-order valence-electron chi connectivity index (χ4n) is 14.3. The Bertz CT molecular complexity index is 2090. The van der Waals surface area contributed by atoms with Gasteiger partial charge in [-0.1, -0.05) is 0 Å². The second-order valence-electron chi connectivity index (χ2n) is 27.5. The van der Waals surface area contributed by atoms with Crippen LogP contribution in [0.5, 0.6) is 0 Å². The van der Waals surface area contributed by atoms with E-state index in [4.69, 9.17) is 0 Å². The van der Waals surface area contributed by atoms with Crippen molar-refractivity contribution >= 4 is 93.0 Å². The van der Waals surface area contributed by atoms with Gasteiger partial charge in [-0.3, -0.25) is 19.2 Å². The van der Waals surface area contributed by atoms with Gasteiger partial charge in [0.15, 0.2) is 0 Å². The van der Waals surface area contributed by atoms with Gasteiger partial charge in [-0.25, -0.2) is 0 Å². The molecule has 0 heterocycles. The lowest BCUT2D eigenvalue weighted by molar-refractivity contribution is -0.211. The molecule has 4 fully saturated rings. The largest absolute Gasteiger partial charge is 0.350 e. The van der Waals surface area contributed by atoms with Crippen LogP contribution >= 0.6 is 0 Å². The van der Waals surface area contributed by atoms with Gasteiger partial charge in [0.1, 0.15) is 69.4 Å². The van der Waals surface area contributed by atoms with E-state index in [1.165, 1.54) is 83.1 Å². The number of amides is 4. The van der Waals surface area contributed by atoms with Crippen molar-refractivity contribution in [3.05, 3.63) is 0 Å². The van der Waals surface area contributed by atoms with Gasteiger partial charge in [0.25, 0.3) is 0 Å². The van der Waals surface area contributed by atoms with Crippen LogP contribution in [0.1, 0.15) is 276 Å². The van der Waals surface area contributed by atoms with Crippen LogP contribution in [0, 0.1) is 21.7 Å². The molecule has 86 heavy (non-hydrogen) atoms. The van der Waals surface area contributed by atoms with Gasteiger partial charge in [0.2, 0.25) is 23.6 Å². The first-order valence-corrected chi connectivity index (χ1v) is 31.0. The summed E-state index contributed by atoms with van der Waals surface area (Å²) in [7, 11) is 0. The highest BCUT2D eigenvalue weighted by atomic mass is 16.2. The van der Waals surface area contributed by atoms with E-state index < -0.39 is 67.4 Å². The highest BCUT2D eigenvalue weighted by molar-refractivity contribution is 5.98. The van der Waals surface area contributed by atoms with Crippen LogP contribution in [0.2, 0.25) is 0 Å². The van der Waals surface area contributed by atoms with Gasteiger partial charge in [-0.15, -0.1) is 0 Å². The second kappa shape index (κ2) is 31.2. The predicted octanol–water partition coefficient (Wildman–Crippen LogP) is 8.16. The third-order valence-electron chi connectivity index (χ3n) is 19.0. The number of hydrogen-bond acceptors (Lipinski definition) is 16. The second-order valence-corrected chi connectivity index (χ2v) is 27.5. The molecule has 0 aliphatic heterocycles. The molecule has 4 N–H and O–H groups in total. The minimum atomic E-state index is -1.88. The summed E-state index contributed by atoms with van der Waals surface area (Å²) in [5, 5.41) is 12.9. The van der Waals surface area contributed by atoms with Crippen LogP contribution in [-0.4, -0.2) is 115 Å². The zero-order valence-corrected chi connectivity index (χ0v) is 53.7. The molecule has 20 heteroatoms. The minimum Gasteiger partial charge on any atom is -0.350 e. The molecule has 0 aromatic rings. The quantitative estimate of drug-likeness (QED) is 0.0447. The van der Waals surface area contributed by atoms with Crippen molar-refractivity contribution < 1.29 is 76.7 Å². The minimum absolute atomic E-state index is 0.0193. The van der Waals surface area contributed by atoms with Gasteiger partial charge >= 0.3 is 0 Å². The number of carbonyl (C=O) groups is 16. The Kier molecular flexibility index (Phi) is 26.9. The lowest BCUT2D eigenvalue weighted by Crippen LogP contribution is -2.74. The molecule has 480 valence electrons. The molecule has 4 bridgehead atoms. The lowest BCUT2D eigenvalue weighted by atomic mass is 9.34. The van der Waals surface area contributed by atoms with E-state index in [0.717, 1.165) is 0 Å². The van der Waals surface area contributed by atoms with Crippen LogP contribution < -0.4 is 21.3 Å². The monoisotopic (exact) mass is 1200 g/mol. The number of carbonyl (C=O) groups excluding carboxylic acids is 16. The Balaban J connectivity index is 2.72. The van der Waals surface area contributed by atoms with Gasteiger partial charge in [0, 0.05) is 99.2 Å². The van der Waals surface area contributed by atoms with E-state index >= 15 is 19.2 Å². The summed E-state index contributed by atoms with van der Waals surface area (Å²) in [4.78, 5) is 220. The third-order valence-corrected chi connectivity index (χ3v) is 19.0. The topological polar surface area (TPSA) is 321 Å². The molecule has 0 saturated heterocycles. The summed E-state index contributed by atoms with van der Waals surface area (Å²) in [6.07, 6.45) is -3.03. The first-order valence-electron chi connectivity index (χ1n) is 31.0. The van der Waals surface area contributed by atoms with Crippen LogP contribution in [-0.2, 0) is 76.7 Å². The maximum absolute atomic E-state index is 16.5. The normalized spacial score (nSPS) is 20.7. The molecule has 0 atom stereocenters. The van der Waals surface area contributed by atoms with E-state index in [0.29, 0.717) is 0 Å². The van der Waals surface area contributed by atoms with Crippen LogP contribution in [0.3, 0.4) is 0 Å². The molecule has 0 spiro atoms. The first kappa shape index (κ1) is 74.2. The summed E-state index contributed by atoms with van der Waals surface area (Å²) in [5.74, 6) is -5.94. The van der Waals surface area contributed by atoms with Crippen LogP contribution in [0.4, 0.5) is 0 Å². The summed E-state index contributed by atoms with van der Waals surface area (Å²) in [5.41, 5.74) is -13.1. The third kappa shape index (κ3) is 21.7. The smallest absolute Gasteiger partial charge is 0.226 e. The van der Waals surface area contributed by atoms with Crippen molar-refractivity contribution in [2.75, 3.05) is 0 Å². The molecule has 4 rings (SSSR count). The van der Waals surface area contributed by atoms with Crippen molar-refractivity contribution in [3.8, 4) is 0 Å². The Labute approximate surface area is 508 Å². The van der Waals surface area contributed by atoms with E-state index in [9.17, 15) is 57.5 Å². The van der Waals surface area contributed by atoms with Crippen molar-refractivity contribution in [3.63, 3.8) is 0 Å². The van der Waals surface area contributed by atoms with Gasteiger partial charge in [0.05, 0.1) is 21.7 Å². The van der Waals surface area contributed by atoms with E-state index in [1.54, 1.807) is 0 Å². The molecule has 0 unspecified atom stereocenters. The van der Waals surface area contributed by atoms with Crippen molar-refractivity contribution in [2.45, 2.75) is 298 Å². The number of rotatable bonds is 44. The van der Waals surface area contributed by atoms with Crippen molar-refractivity contribution in [2.24, 2.45) is 21.7 Å². The first-order chi connectivity index (χ1) is 39.8. The summed E-state index contributed by atoms with van der Waals surface area (Å²) >= 11 is 0. The van der Waals surface area contributed by atoms with Gasteiger partial charge < -0.3 is 78.8 Å². The van der Waals surface area contributed by atoms with E-state index in [2.05, 4.69) is 21.3 Å². The molecule has 4 aliphatic carbocycles. The molecule has 20 nitrogen and oxygen atoms in total. The highest BCUT2D eigenvalue weighted by Crippen LogP contribution is 2.74. The molecule has 4 amide bonds. The fraction of sp³-hybridized carbons (Fsp3) is 0.758. The maximum Gasteiger partial charge on any atom is 0.226 e. The lowest BCUT2D eigenvalue weighted by Gasteiger charge is -2.68.